The zero-order chi connectivity index (χ0) is 16.7. The molecule has 3 N–H and O–H groups in total. The Hall–Kier alpha value is -2.32. The zero-order valence-corrected chi connectivity index (χ0v) is 13.5. The first-order valence-corrected chi connectivity index (χ1v) is 7.87. The Labute approximate surface area is 138 Å². The Bertz CT molecular complexity index is 670. The van der Waals surface area contributed by atoms with Gasteiger partial charge in [0.2, 0.25) is 0 Å². The van der Waals surface area contributed by atoms with Crippen LogP contribution < -0.4 is 10.6 Å². The predicted octanol–water partition coefficient (Wildman–Crippen LogP) is 1.01. The summed E-state index contributed by atoms with van der Waals surface area (Å²) < 4.78 is 1.91. The van der Waals surface area contributed by atoms with Gasteiger partial charge < -0.3 is 20.3 Å². The second-order valence-electron chi connectivity index (χ2n) is 4.73. The summed E-state index contributed by atoms with van der Waals surface area (Å²) in [6, 6.07) is 7.14. The number of aliphatic hydroxyl groups excluding tert-OH is 1. The number of hydrogen-bond acceptors (Lipinski definition) is 5. The van der Waals surface area contributed by atoms with Gasteiger partial charge in [-0.2, -0.15) is 0 Å². The maximum absolute atomic E-state index is 11.7. The number of aliphatic hydroxyl groups is 1. The molecule has 8 heteroatoms. The monoisotopic (exact) mass is 334 g/mol. The molecule has 23 heavy (non-hydrogen) atoms. The highest BCUT2D eigenvalue weighted by Gasteiger charge is 2.12. The lowest BCUT2D eigenvalue weighted by Gasteiger charge is -2.07. The summed E-state index contributed by atoms with van der Waals surface area (Å²) in [6.07, 6.45) is 4.01. The highest BCUT2D eigenvalue weighted by molar-refractivity contribution is 7.99. The molecule has 0 fully saturated rings. The number of rotatable bonds is 6. The Morgan fingerprint density at radius 2 is 2.00 bits per heavy atom. The molecule has 0 bridgehead atoms. The summed E-state index contributed by atoms with van der Waals surface area (Å²) in [5.74, 6) is -1.45. The third-order valence-electron chi connectivity index (χ3n) is 2.92. The van der Waals surface area contributed by atoms with Crippen molar-refractivity contribution in [2.24, 2.45) is 7.05 Å². The minimum atomic E-state index is -0.729. The van der Waals surface area contributed by atoms with Crippen LogP contribution in [0.1, 0.15) is 6.42 Å². The van der Waals surface area contributed by atoms with Crippen LogP contribution in [0.15, 0.2) is 46.7 Å². The predicted molar refractivity (Wildman–Crippen MR) is 87.1 cm³/mol. The van der Waals surface area contributed by atoms with E-state index in [1.165, 1.54) is 11.8 Å². The van der Waals surface area contributed by atoms with Crippen LogP contribution in [0, 0.1) is 0 Å². The van der Waals surface area contributed by atoms with Crippen molar-refractivity contribution in [2.45, 2.75) is 16.5 Å². The van der Waals surface area contributed by atoms with Crippen LogP contribution in [0.4, 0.5) is 5.69 Å². The number of carbonyl (C=O) groups is 2. The third-order valence-corrected chi connectivity index (χ3v) is 4.01. The minimum absolute atomic E-state index is 0.0307. The Balaban J connectivity index is 1.88. The summed E-state index contributed by atoms with van der Waals surface area (Å²) in [5, 5.41) is 14.4. The first-order valence-electron chi connectivity index (χ1n) is 7.05. The molecule has 2 rings (SSSR count). The Morgan fingerprint density at radius 1 is 1.26 bits per heavy atom. The van der Waals surface area contributed by atoms with E-state index in [0.29, 0.717) is 12.1 Å². The lowest BCUT2D eigenvalue weighted by molar-refractivity contribution is -0.136. The lowest BCUT2D eigenvalue weighted by atomic mass is 10.3. The van der Waals surface area contributed by atoms with Crippen molar-refractivity contribution in [3.05, 3.63) is 36.7 Å². The van der Waals surface area contributed by atoms with Crippen LogP contribution in [0.3, 0.4) is 0 Å². The highest BCUT2D eigenvalue weighted by Crippen LogP contribution is 2.26. The summed E-state index contributed by atoms with van der Waals surface area (Å²) in [7, 11) is 1.92. The van der Waals surface area contributed by atoms with Crippen LogP contribution in [0.5, 0.6) is 0 Å². The Morgan fingerprint density at radius 3 is 2.61 bits per heavy atom. The molecule has 0 aliphatic heterocycles. The zero-order valence-electron chi connectivity index (χ0n) is 12.7. The molecule has 0 aliphatic rings. The van der Waals surface area contributed by atoms with E-state index in [1.54, 1.807) is 18.3 Å². The SMILES string of the molecule is Cn1ccnc1Sc1ccc(NC(=O)C(=O)NCCCO)cc1. The Kier molecular flexibility index (Phi) is 6.19. The van der Waals surface area contributed by atoms with Gasteiger partial charge in [-0.25, -0.2) is 4.98 Å². The maximum Gasteiger partial charge on any atom is 0.313 e. The van der Waals surface area contributed by atoms with E-state index in [2.05, 4.69) is 15.6 Å². The summed E-state index contributed by atoms with van der Waals surface area (Å²) in [6.45, 7) is 0.235. The van der Waals surface area contributed by atoms with Crippen LogP contribution in [0.2, 0.25) is 0 Å². The highest BCUT2D eigenvalue weighted by atomic mass is 32.2. The number of carbonyl (C=O) groups excluding carboxylic acids is 2. The lowest BCUT2D eigenvalue weighted by Crippen LogP contribution is -2.36. The topological polar surface area (TPSA) is 96.2 Å². The quantitative estimate of drug-likeness (QED) is 0.541. The molecule has 0 saturated carbocycles. The molecular formula is C15H18N4O3S. The smallest absolute Gasteiger partial charge is 0.313 e. The first-order chi connectivity index (χ1) is 11.1. The maximum atomic E-state index is 11.7. The van der Waals surface area contributed by atoms with Crippen molar-refractivity contribution < 1.29 is 14.7 Å². The molecule has 1 heterocycles. The van der Waals surface area contributed by atoms with Gasteiger partial charge in [0.1, 0.15) is 0 Å². The number of aromatic nitrogens is 2. The van der Waals surface area contributed by atoms with Gasteiger partial charge in [-0.15, -0.1) is 0 Å². The van der Waals surface area contributed by atoms with E-state index in [1.807, 2.05) is 29.9 Å². The average molecular weight is 334 g/mol. The second kappa shape index (κ2) is 8.35. The molecule has 0 radical (unpaired) electrons. The van der Waals surface area contributed by atoms with Gasteiger partial charge in [-0.05, 0) is 30.7 Å². The van der Waals surface area contributed by atoms with Crippen LogP contribution in [-0.2, 0) is 16.6 Å². The molecule has 2 amide bonds. The van der Waals surface area contributed by atoms with Crippen molar-refractivity contribution in [2.75, 3.05) is 18.5 Å². The number of anilines is 1. The fourth-order valence-electron chi connectivity index (χ4n) is 1.71. The van der Waals surface area contributed by atoms with Gasteiger partial charge in [0, 0.05) is 43.2 Å². The van der Waals surface area contributed by atoms with Crippen LogP contribution >= 0.6 is 11.8 Å². The molecule has 2 aromatic rings. The first kappa shape index (κ1) is 17.0. The molecule has 0 unspecified atom stereocenters. The molecule has 122 valence electrons. The molecule has 1 aromatic heterocycles. The fraction of sp³-hybridized carbons (Fsp3) is 0.267. The van der Waals surface area contributed by atoms with Crippen molar-refractivity contribution in [1.82, 2.24) is 14.9 Å². The van der Waals surface area contributed by atoms with Crippen molar-refractivity contribution in [3.8, 4) is 0 Å². The van der Waals surface area contributed by atoms with Gasteiger partial charge in [0.25, 0.3) is 0 Å². The standard InChI is InChI=1S/C15H18N4O3S/c1-19-9-8-17-15(19)23-12-5-3-11(4-6-12)18-14(22)13(21)16-7-2-10-20/h3-6,8-9,20H,2,7,10H2,1H3,(H,16,21)(H,18,22). The molecule has 0 aliphatic carbocycles. The summed E-state index contributed by atoms with van der Waals surface area (Å²) in [4.78, 5) is 28.4. The molecular weight excluding hydrogens is 316 g/mol. The molecule has 0 atom stereocenters. The number of nitrogens with zero attached hydrogens (tertiary/aromatic N) is 2. The fourth-order valence-corrected chi connectivity index (χ4v) is 2.51. The molecule has 0 spiro atoms. The normalized spacial score (nSPS) is 10.3. The van der Waals surface area contributed by atoms with Crippen molar-refractivity contribution >= 4 is 29.3 Å². The molecule has 1 aromatic carbocycles. The van der Waals surface area contributed by atoms with Gasteiger partial charge in [-0.1, -0.05) is 11.8 Å². The van der Waals surface area contributed by atoms with Crippen LogP contribution in [0.25, 0.3) is 0 Å². The number of hydrogen-bond donors (Lipinski definition) is 3. The summed E-state index contributed by atoms with van der Waals surface area (Å²) >= 11 is 1.50. The van der Waals surface area contributed by atoms with E-state index < -0.39 is 11.8 Å². The second-order valence-corrected chi connectivity index (χ2v) is 5.78. The van der Waals surface area contributed by atoms with Crippen LogP contribution in [-0.4, -0.2) is 39.6 Å². The van der Waals surface area contributed by atoms with Gasteiger partial charge in [-0.3, -0.25) is 9.59 Å². The number of imidazole rings is 1. The van der Waals surface area contributed by atoms with Crippen molar-refractivity contribution in [1.29, 1.82) is 0 Å². The van der Waals surface area contributed by atoms with E-state index in [-0.39, 0.29) is 13.2 Å². The number of amides is 2. The third kappa shape index (κ3) is 5.11. The minimum Gasteiger partial charge on any atom is -0.396 e. The van der Waals surface area contributed by atoms with Gasteiger partial charge >= 0.3 is 11.8 Å². The number of benzene rings is 1. The van der Waals surface area contributed by atoms with E-state index in [9.17, 15) is 9.59 Å². The van der Waals surface area contributed by atoms with Crippen molar-refractivity contribution in [3.63, 3.8) is 0 Å². The molecule has 7 nitrogen and oxygen atoms in total. The van der Waals surface area contributed by atoms with E-state index >= 15 is 0 Å². The number of aryl methyl sites for hydroxylation is 1. The summed E-state index contributed by atoms with van der Waals surface area (Å²) in [5.41, 5.74) is 0.538. The van der Waals surface area contributed by atoms with E-state index in [0.717, 1.165) is 10.1 Å². The van der Waals surface area contributed by atoms with E-state index in [4.69, 9.17) is 5.11 Å². The number of nitrogens with one attached hydrogen (secondary N) is 2. The average Bonchev–Trinajstić information content (AvgIpc) is 2.94. The largest absolute Gasteiger partial charge is 0.396 e. The van der Waals surface area contributed by atoms with Gasteiger partial charge in [0.05, 0.1) is 0 Å². The molecule has 0 saturated heterocycles. The van der Waals surface area contributed by atoms with Gasteiger partial charge in [0.15, 0.2) is 5.16 Å².